The van der Waals surface area contributed by atoms with Crippen LogP contribution < -0.4 is 9.46 Å². The van der Waals surface area contributed by atoms with E-state index in [0.29, 0.717) is 0 Å². The molecule has 1 aromatic heterocycles. The Morgan fingerprint density at radius 1 is 1.16 bits per heavy atom. The molecule has 0 fully saturated rings. The molecule has 0 aliphatic rings. The number of alkyl halides is 2. The maximum Gasteiger partial charge on any atom is 0.387 e. The summed E-state index contributed by atoms with van der Waals surface area (Å²) in [6, 6.07) is 6.92. The first-order valence-electron chi connectivity index (χ1n) is 9.16. The van der Waals surface area contributed by atoms with Crippen LogP contribution in [0.5, 0.6) is 5.75 Å². The number of nitrogens with one attached hydrogen (secondary N) is 1. The van der Waals surface area contributed by atoms with Gasteiger partial charge in [0.25, 0.3) is 15.9 Å². The van der Waals surface area contributed by atoms with E-state index < -0.39 is 56.1 Å². The van der Waals surface area contributed by atoms with Crippen molar-refractivity contribution in [3.8, 4) is 17.1 Å². The van der Waals surface area contributed by atoms with Gasteiger partial charge in [-0.1, -0.05) is 25.1 Å². The molecule has 3 aromatic rings. The van der Waals surface area contributed by atoms with Crippen LogP contribution in [0.4, 0.5) is 17.6 Å². The number of rotatable bonds is 7. The fourth-order valence-corrected chi connectivity index (χ4v) is 4.47. The number of halogens is 4. The van der Waals surface area contributed by atoms with E-state index in [4.69, 9.17) is 0 Å². The van der Waals surface area contributed by atoms with Gasteiger partial charge in [-0.15, -0.1) is 0 Å². The molecule has 0 aliphatic carbocycles. The number of hydrogen-bond acceptors (Lipinski definition) is 5. The van der Waals surface area contributed by atoms with Crippen LogP contribution in [0.25, 0.3) is 11.4 Å². The fraction of sp³-hybridized carbons (Fsp3) is 0.200. The van der Waals surface area contributed by atoms with Crippen LogP contribution >= 0.6 is 0 Å². The zero-order valence-corrected chi connectivity index (χ0v) is 17.6. The van der Waals surface area contributed by atoms with Crippen molar-refractivity contribution in [2.24, 2.45) is 7.05 Å². The summed E-state index contributed by atoms with van der Waals surface area (Å²) in [6.45, 7) is -1.70. The second-order valence-electron chi connectivity index (χ2n) is 6.57. The summed E-state index contributed by atoms with van der Waals surface area (Å²) in [5.74, 6) is -3.96. The Labute approximate surface area is 180 Å². The highest BCUT2D eigenvalue weighted by Crippen LogP contribution is 2.30. The Bertz CT molecular complexity index is 1260. The van der Waals surface area contributed by atoms with Crippen molar-refractivity contribution < 1.29 is 35.5 Å². The van der Waals surface area contributed by atoms with Gasteiger partial charge in [-0.2, -0.15) is 8.78 Å². The van der Waals surface area contributed by atoms with E-state index in [2.05, 4.69) is 9.72 Å². The minimum Gasteiger partial charge on any atom is -0.433 e. The Morgan fingerprint density at radius 2 is 1.78 bits per heavy atom. The van der Waals surface area contributed by atoms with Crippen LogP contribution in [-0.4, -0.2) is 30.5 Å². The van der Waals surface area contributed by atoms with Gasteiger partial charge >= 0.3 is 6.61 Å². The molecule has 1 N–H and O–H groups in total. The molecule has 0 saturated heterocycles. The molecule has 2 aromatic carbocycles. The molecule has 1 heterocycles. The van der Waals surface area contributed by atoms with E-state index in [1.807, 2.05) is 0 Å². The van der Waals surface area contributed by atoms with Crippen LogP contribution in [0.1, 0.15) is 23.0 Å². The number of imidazole rings is 1. The zero-order valence-electron chi connectivity index (χ0n) is 16.8. The number of ether oxygens (including phenoxy) is 1. The first-order chi connectivity index (χ1) is 15.0. The van der Waals surface area contributed by atoms with E-state index in [0.717, 1.165) is 35.0 Å². The fourth-order valence-electron chi connectivity index (χ4n) is 3.08. The number of carbonyl (C=O) groups is 1. The SMILES string of the molecule is CCc1cccc(OC(F)F)c1S(=O)(=O)NC(=O)c1cn(C)c(-c2c(F)cccc2F)n1. The molecule has 0 aliphatic heterocycles. The van der Waals surface area contributed by atoms with Crippen LogP contribution in [0.15, 0.2) is 47.5 Å². The predicted octanol–water partition coefficient (Wildman–Crippen LogP) is 3.65. The van der Waals surface area contributed by atoms with E-state index in [1.165, 1.54) is 19.2 Å². The molecule has 0 spiro atoms. The van der Waals surface area contributed by atoms with Crippen molar-refractivity contribution in [1.29, 1.82) is 0 Å². The van der Waals surface area contributed by atoms with Crippen molar-refractivity contribution in [1.82, 2.24) is 14.3 Å². The largest absolute Gasteiger partial charge is 0.433 e. The van der Waals surface area contributed by atoms with Crippen molar-refractivity contribution in [3.63, 3.8) is 0 Å². The Hall–Kier alpha value is -3.41. The Morgan fingerprint density at radius 3 is 2.38 bits per heavy atom. The predicted molar refractivity (Wildman–Crippen MR) is 106 cm³/mol. The number of aryl methyl sites for hydroxylation is 2. The third-order valence-electron chi connectivity index (χ3n) is 4.45. The molecule has 0 atom stereocenters. The normalized spacial score (nSPS) is 11.6. The molecule has 7 nitrogen and oxygen atoms in total. The van der Waals surface area contributed by atoms with Gasteiger partial charge in [0.2, 0.25) is 0 Å². The number of carbonyl (C=O) groups excluding carboxylic acids is 1. The lowest BCUT2D eigenvalue weighted by Gasteiger charge is -2.15. The molecule has 170 valence electrons. The molecule has 12 heteroatoms. The van der Waals surface area contributed by atoms with Crippen LogP contribution in [-0.2, 0) is 23.5 Å². The lowest BCUT2D eigenvalue weighted by Crippen LogP contribution is -2.32. The molecule has 0 bridgehead atoms. The number of amides is 1. The summed E-state index contributed by atoms with van der Waals surface area (Å²) in [5.41, 5.74) is -0.821. The van der Waals surface area contributed by atoms with Crippen molar-refractivity contribution in [2.45, 2.75) is 24.9 Å². The summed E-state index contributed by atoms with van der Waals surface area (Å²) in [7, 11) is -3.30. The van der Waals surface area contributed by atoms with Gasteiger partial charge in [0, 0.05) is 13.2 Å². The monoisotopic (exact) mass is 471 g/mol. The molecular weight excluding hydrogens is 454 g/mol. The Balaban J connectivity index is 1.98. The lowest BCUT2D eigenvalue weighted by molar-refractivity contribution is -0.0518. The number of hydrogen-bond donors (Lipinski definition) is 1. The highest BCUT2D eigenvalue weighted by atomic mass is 32.2. The summed E-state index contributed by atoms with van der Waals surface area (Å²) in [4.78, 5) is 15.8. The van der Waals surface area contributed by atoms with E-state index in [1.54, 1.807) is 11.6 Å². The van der Waals surface area contributed by atoms with Crippen molar-refractivity contribution >= 4 is 15.9 Å². The third-order valence-corrected chi connectivity index (χ3v) is 5.90. The molecular formula is C20H17F4N3O4S. The van der Waals surface area contributed by atoms with E-state index >= 15 is 0 Å². The van der Waals surface area contributed by atoms with Gasteiger partial charge in [0.15, 0.2) is 0 Å². The van der Waals surface area contributed by atoms with Crippen LogP contribution in [0.2, 0.25) is 0 Å². The highest BCUT2D eigenvalue weighted by molar-refractivity contribution is 7.90. The number of nitrogens with zero attached hydrogens (tertiary/aromatic N) is 2. The molecule has 32 heavy (non-hydrogen) atoms. The first-order valence-corrected chi connectivity index (χ1v) is 10.6. The lowest BCUT2D eigenvalue weighted by atomic mass is 10.1. The van der Waals surface area contributed by atoms with Crippen molar-refractivity contribution in [3.05, 3.63) is 65.5 Å². The standard InChI is InChI=1S/C20H17F4N3O4S/c1-3-11-6-4-9-15(31-20(23)24)17(11)32(29,30)26-19(28)14-10-27(2)18(25-14)16-12(21)7-5-8-13(16)22/h4-10,20H,3H2,1-2H3,(H,26,28). The minimum absolute atomic E-state index is 0.138. The topological polar surface area (TPSA) is 90.3 Å². The summed E-state index contributed by atoms with van der Waals surface area (Å²) in [6.07, 6.45) is 1.22. The second kappa shape index (κ2) is 8.99. The summed E-state index contributed by atoms with van der Waals surface area (Å²) in [5, 5.41) is 0. The smallest absolute Gasteiger partial charge is 0.387 e. The van der Waals surface area contributed by atoms with E-state index in [-0.39, 0.29) is 17.8 Å². The number of aromatic nitrogens is 2. The molecule has 0 saturated carbocycles. The average molecular weight is 471 g/mol. The molecule has 0 radical (unpaired) electrons. The average Bonchev–Trinajstić information content (AvgIpc) is 3.08. The Kier molecular flexibility index (Phi) is 6.53. The minimum atomic E-state index is -4.67. The third kappa shape index (κ3) is 4.59. The van der Waals surface area contributed by atoms with Gasteiger partial charge in [0.1, 0.15) is 33.8 Å². The van der Waals surface area contributed by atoms with Gasteiger partial charge in [-0.25, -0.2) is 26.9 Å². The second-order valence-corrected chi connectivity index (χ2v) is 8.19. The highest BCUT2D eigenvalue weighted by Gasteiger charge is 2.28. The first kappa shape index (κ1) is 23.3. The van der Waals surface area contributed by atoms with Crippen molar-refractivity contribution in [2.75, 3.05) is 0 Å². The maximum atomic E-state index is 14.1. The van der Waals surface area contributed by atoms with Gasteiger partial charge in [0.05, 0.1) is 5.56 Å². The van der Waals surface area contributed by atoms with Gasteiger partial charge < -0.3 is 9.30 Å². The number of benzene rings is 2. The quantitative estimate of drug-likeness (QED) is 0.532. The summed E-state index contributed by atoms with van der Waals surface area (Å²) < 4.78 is 86.6. The van der Waals surface area contributed by atoms with Crippen LogP contribution in [0.3, 0.4) is 0 Å². The molecule has 0 unspecified atom stereocenters. The molecule has 1 amide bonds. The maximum absolute atomic E-state index is 14.1. The van der Waals surface area contributed by atoms with Gasteiger partial charge in [-0.3, -0.25) is 4.79 Å². The molecule has 3 rings (SSSR count). The zero-order chi connectivity index (χ0) is 23.6. The van der Waals surface area contributed by atoms with Gasteiger partial charge in [-0.05, 0) is 30.2 Å². The van der Waals surface area contributed by atoms with Crippen LogP contribution in [0, 0.1) is 11.6 Å². The summed E-state index contributed by atoms with van der Waals surface area (Å²) >= 11 is 0. The number of sulfonamides is 1. The van der Waals surface area contributed by atoms with E-state index in [9.17, 15) is 30.8 Å².